The molecule has 0 saturated carbocycles. The van der Waals surface area contributed by atoms with Crippen molar-refractivity contribution in [1.82, 2.24) is 0 Å². The van der Waals surface area contributed by atoms with Crippen molar-refractivity contribution in [1.29, 1.82) is 0 Å². The first-order valence-electron chi connectivity index (χ1n) is 6.27. The molecule has 3 heteroatoms. The fourth-order valence-electron chi connectivity index (χ4n) is 2.49. The van der Waals surface area contributed by atoms with Crippen LogP contribution in [0.15, 0.2) is 30.3 Å². The van der Waals surface area contributed by atoms with E-state index in [4.69, 9.17) is 0 Å². The smallest absolute Gasteiger partial charge is 0.126 e. The lowest BCUT2D eigenvalue weighted by Gasteiger charge is -2.09. The molecular formula is C15H15FOS. The topological polar surface area (TPSA) is 20.2 Å². The van der Waals surface area contributed by atoms with Gasteiger partial charge in [-0.1, -0.05) is 18.2 Å². The maximum absolute atomic E-state index is 13.5. The number of aliphatic hydroxyl groups excluding tert-OH is 1. The third-order valence-corrected chi connectivity index (χ3v) is 4.80. The second-order valence-electron chi connectivity index (χ2n) is 4.76. The van der Waals surface area contributed by atoms with Crippen molar-refractivity contribution in [2.24, 2.45) is 0 Å². The number of aryl methyl sites for hydroxylation is 2. The lowest BCUT2D eigenvalue weighted by Crippen LogP contribution is -2.01. The van der Waals surface area contributed by atoms with E-state index in [0.29, 0.717) is 12.0 Å². The van der Waals surface area contributed by atoms with Gasteiger partial charge in [0.1, 0.15) is 5.82 Å². The summed E-state index contributed by atoms with van der Waals surface area (Å²) in [5, 5.41) is 10.2. The maximum Gasteiger partial charge on any atom is 0.126 e. The second-order valence-corrected chi connectivity index (χ2v) is 5.93. The number of benzene rings is 1. The van der Waals surface area contributed by atoms with Crippen LogP contribution in [-0.2, 0) is 19.3 Å². The van der Waals surface area contributed by atoms with Gasteiger partial charge in [-0.2, -0.15) is 0 Å². The monoisotopic (exact) mass is 262 g/mol. The molecule has 0 aliphatic heterocycles. The van der Waals surface area contributed by atoms with Crippen LogP contribution in [0.5, 0.6) is 0 Å². The molecule has 1 aromatic heterocycles. The Morgan fingerprint density at radius 1 is 1.28 bits per heavy atom. The van der Waals surface area contributed by atoms with E-state index in [2.05, 4.69) is 6.07 Å². The summed E-state index contributed by atoms with van der Waals surface area (Å²) >= 11 is 1.68. The average Bonchev–Trinajstić information content (AvgIpc) is 2.92. The Morgan fingerprint density at radius 2 is 2.11 bits per heavy atom. The van der Waals surface area contributed by atoms with Crippen LogP contribution in [0.1, 0.15) is 33.4 Å². The predicted octanol–water partition coefficient (Wildman–Crippen LogP) is 3.65. The fourth-order valence-corrected chi connectivity index (χ4v) is 3.73. The summed E-state index contributed by atoms with van der Waals surface area (Å²) in [5.74, 6) is -0.236. The van der Waals surface area contributed by atoms with E-state index >= 15 is 0 Å². The summed E-state index contributed by atoms with van der Waals surface area (Å²) in [4.78, 5) is 2.38. The Bertz CT molecular complexity index is 540. The summed E-state index contributed by atoms with van der Waals surface area (Å²) in [6, 6.07) is 8.75. The molecule has 1 aliphatic carbocycles. The zero-order valence-corrected chi connectivity index (χ0v) is 10.8. The quantitative estimate of drug-likeness (QED) is 0.895. The molecule has 0 amide bonds. The summed E-state index contributed by atoms with van der Waals surface area (Å²) in [7, 11) is 0. The minimum Gasteiger partial charge on any atom is -0.387 e. The minimum absolute atomic E-state index is 0.236. The molecule has 1 aromatic carbocycles. The first-order chi connectivity index (χ1) is 8.74. The highest BCUT2D eigenvalue weighted by Crippen LogP contribution is 2.34. The number of halogens is 1. The summed E-state index contributed by atoms with van der Waals surface area (Å²) < 4.78 is 13.5. The van der Waals surface area contributed by atoms with Crippen molar-refractivity contribution >= 4 is 11.3 Å². The molecular weight excluding hydrogens is 247 g/mol. The largest absolute Gasteiger partial charge is 0.387 e. The Hall–Kier alpha value is -1.19. The molecule has 0 radical (unpaired) electrons. The SMILES string of the molecule is OC(Cc1ccccc1F)c1cc2c(s1)CCC2. The summed E-state index contributed by atoms with van der Waals surface area (Å²) in [6.45, 7) is 0. The number of thiophene rings is 1. The van der Waals surface area contributed by atoms with Gasteiger partial charge in [0.15, 0.2) is 0 Å². The average molecular weight is 262 g/mol. The number of rotatable bonds is 3. The van der Waals surface area contributed by atoms with E-state index in [-0.39, 0.29) is 5.82 Å². The minimum atomic E-state index is -0.586. The van der Waals surface area contributed by atoms with E-state index in [0.717, 1.165) is 17.7 Å². The van der Waals surface area contributed by atoms with Crippen LogP contribution in [0.4, 0.5) is 4.39 Å². The fraction of sp³-hybridized carbons (Fsp3) is 0.333. The van der Waals surface area contributed by atoms with E-state index in [1.807, 2.05) is 0 Å². The molecule has 0 bridgehead atoms. The van der Waals surface area contributed by atoms with Gasteiger partial charge in [0.05, 0.1) is 6.10 Å². The molecule has 94 valence electrons. The van der Waals surface area contributed by atoms with Gasteiger partial charge in [0.25, 0.3) is 0 Å². The van der Waals surface area contributed by atoms with Crippen molar-refractivity contribution in [2.75, 3.05) is 0 Å². The molecule has 0 fully saturated rings. The molecule has 1 aliphatic rings. The second kappa shape index (κ2) is 4.82. The van der Waals surface area contributed by atoms with Crippen molar-refractivity contribution < 1.29 is 9.50 Å². The summed E-state index contributed by atoms with van der Waals surface area (Å²) in [5.41, 5.74) is 1.96. The van der Waals surface area contributed by atoms with Crippen LogP contribution in [-0.4, -0.2) is 5.11 Å². The highest BCUT2D eigenvalue weighted by Gasteiger charge is 2.19. The van der Waals surface area contributed by atoms with Crippen molar-refractivity contribution in [2.45, 2.75) is 31.8 Å². The van der Waals surface area contributed by atoms with Gasteiger partial charge >= 0.3 is 0 Å². The first-order valence-corrected chi connectivity index (χ1v) is 7.08. The van der Waals surface area contributed by atoms with Crippen LogP contribution < -0.4 is 0 Å². The third kappa shape index (κ3) is 2.20. The molecule has 0 spiro atoms. The van der Waals surface area contributed by atoms with E-state index in [9.17, 15) is 9.50 Å². The van der Waals surface area contributed by atoms with Gasteiger partial charge in [-0.05, 0) is 42.5 Å². The Balaban J connectivity index is 1.78. The van der Waals surface area contributed by atoms with E-state index in [1.54, 1.807) is 29.5 Å². The molecule has 1 atom stereocenters. The number of hydrogen-bond donors (Lipinski definition) is 1. The van der Waals surface area contributed by atoms with Gasteiger partial charge in [-0.3, -0.25) is 0 Å². The Kier molecular flexibility index (Phi) is 3.18. The maximum atomic E-state index is 13.5. The van der Waals surface area contributed by atoms with Gasteiger partial charge < -0.3 is 5.11 Å². The van der Waals surface area contributed by atoms with Gasteiger partial charge in [0, 0.05) is 16.2 Å². The van der Waals surface area contributed by atoms with Crippen LogP contribution >= 0.6 is 11.3 Å². The molecule has 2 aromatic rings. The van der Waals surface area contributed by atoms with E-state index < -0.39 is 6.10 Å². The number of aliphatic hydroxyl groups is 1. The zero-order valence-electron chi connectivity index (χ0n) is 10.0. The molecule has 1 nitrogen and oxygen atoms in total. The lowest BCUT2D eigenvalue weighted by atomic mass is 10.1. The normalized spacial score (nSPS) is 15.7. The standard InChI is InChI=1S/C15H15FOS/c16-12-6-2-1-4-10(12)8-13(17)15-9-11-5-3-7-14(11)18-15/h1-2,4,6,9,13,17H,3,5,7-8H2. The molecule has 0 saturated heterocycles. The summed E-state index contributed by atoms with van der Waals surface area (Å²) in [6.07, 6.45) is 3.25. The van der Waals surface area contributed by atoms with Crippen LogP contribution in [0, 0.1) is 5.82 Å². The first kappa shape index (κ1) is 11.9. The van der Waals surface area contributed by atoms with Crippen molar-refractivity contribution in [3.63, 3.8) is 0 Å². The van der Waals surface area contributed by atoms with E-state index in [1.165, 1.54) is 22.9 Å². The Labute approximate surface area is 110 Å². The molecule has 18 heavy (non-hydrogen) atoms. The molecule has 1 N–H and O–H groups in total. The van der Waals surface area contributed by atoms with Gasteiger partial charge in [-0.25, -0.2) is 4.39 Å². The predicted molar refractivity (Wildman–Crippen MR) is 71.4 cm³/mol. The molecule has 1 heterocycles. The van der Waals surface area contributed by atoms with Crippen molar-refractivity contribution in [3.05, 3.63) is 57.0 Å². The lowest BCUT2D eigenvalue weighted by molar-refractivity contribution is 0.181. The number of fused-ring (bicyclic) bond motifs is 1. The molecule has 3 rings (SSSR count). The zero-order chi connectivity index (χ0) is 12.5. The highest BCUT2D eigenvalue weighted by molar-refractivity contribution is 7.12. The Morgan fingerprint density at radius 3 is 2.89 bits per heavy atom. The van der Waals surface area contributed by atoms with Gasteiger partial charge in [-0.15, -0.1) is 11.3 Å². The molecule has 1 unspecified atom stereocenters. The van der Waals surface area contributed by atoms with Crippen molar-refractivity contribution in [3.8, 4) is 0 Å². The third-order valence-electron chi connectivity index (χ3n) is 3.47. The van der Waals surface area contributed by atoms with Crippen LogP contribution in [0.25, 0.3) is 0 Å². The number of hydrogen-bond acceptors (Lipinski definition) is 2. The van der Waals surface area contributed by atoms with Crippen LogP contribution in [0.2, 0.25) is 0 Å². The van der Waals surface area contributed by atoms with Crippen LogP contribution in [0.3, 0.4) is 0 Å². The highest BCUT2D eigenvalue weighted by atomic mass is 32.1. The van der Waals surface area contributed by atoms with Gasteiger partial charge in [0.2, 0.25) is 0 Å².